The Morgan fingerprint density at radius 1 is 1.32 bits per heavy atom. The number of carbonyl (C=O) groups is 2. The van der Waals surface area contributed by atoms with E-state index in [4.69, 9.17) is 18.0 Å². The van der Waals surface area contributed by atoms with Gasteiger partial charge in [0.1, 0.15) is 0 Å². The average Bonchev–Trinajstić information content (AvgIpc) is 3.10. The lowest BCUT2D eigenvalue weighted by Crippen LogP contribution is -2.54. The summed E-state index contributed by atoms with van der Waals surface area (Å²) in [6.45, 7) is 0.491. The first-order valence-corrected chi connectivity index (χ1v) is 10.6. The van der Waals surface area contributed by atoms with Gasteiger partial charge in [0.2, 0.25) is 16.9 Å². The number of anilines is 1. The molecule has 2 aromatic rings. The van der Waals surface area contributed by atoms with Gasteiger partial charge in [-0.2, -0.15) is 0 Å². The fourth-order valence-corrected chi connectivity index (χ4v) is 4.45. The standard InChI is InChI=1S/C19H25N5O2S2/c20-19(11-9-15(25)21-12-13-6-2-1-3-7-13)10-5-4-8-14(19)16(26)22-17-23-24-18(27)28-17/h1-3,6-7,14H,4-5,8-12,20H2,(H,21,25)(H,24,27)(H,22,23,26)/t14?,19-/m0/s1. The van der Waals surface area contributed by atoms with E-state index in [0.29, 0.717) is 34.9 Å². The van der Waals surface area contributed by atoms with Crippen molar-refractivity contribution in [2.45, 2.75) is 50.6 Å². The molecule has 3 rings (SSSR count). The molecule has 7 nitrogen and oxygen atoms in total. The smallest absolute Gasteiger partial charge is 0.231 e. The van der Waals surface area contributed by atoms with Gasteiger partial charge in [0, 0.05) is 18.5 Å². The predicted molar refractivity (Wildman–Crippen MR) is 112 cm³/mol. The predicted octanol–water partition coefficient (Wildman–Crippen LogP) is 3.12. The van der Waals surface area contributed by atoms with Gasteiger partial charge in [0.05, 0.1) is 5.92 Å². The number of nitrogens with two attached hydrogens (primary N) is 1. The first-order chi connectivity index (χ1) is 13.5. The summed E-state index contributed by atoms with van der Waals surface area (Å²) >= 11 is 6.21. The molecule has 150 valence electrons. The highest BCUT2D eigenvalue weighted by Crippen LogP contribution is 2.36. The lowest BCUT2D eigenvalue weighted by Gasteiger charge is -2.40. The van der Waals surface area contributed by atoms with Crippen molar-refractivity contribution in [3.63, 3.8) is 0 Å². The Labute approximate surface area is 173 Å². The Hall–Kier alpha value is -2.10. The molecule has 1 fully saturated rings. The minimum absolute atomic E-state index is 0.0521. The number of rotatable bonds is 7. The van der Waals surface area contributed by atoms with Crippen LogP contribution in [0.5, 0.6) is 0 Å². The molecule has 28 heavy (non-hydrogen) atoms. The molecule has 1 saturated carbocycles. The van der Waals surface area contributed by atoms with Gasteiger partial charge in [-0.3, -0.25) is 14.7 Å². The number of benzene rings is 1. The molecule has 5 N–H and O–H groups in total. The molecule has 1 heterocycles. The number of amides is 2. The highest BCUT2D eigenvalue weighted by molar-refractivity contribution is 7.73. The second-order valence-electron chi connectivity index (χ2n) is 7.20. The maximum Gasteiger partial charge on any atom is 0.231 e. The Morgan fingerprint density at radius 2 is 2.11 bits per heavy atom. The highest BCUT2D eigenvalue weighted by atomic mass is 32.1. The van der Waals surface area contributed by atoms with Gasteiger partial charge in [-0.05, 0) is 37.0 Å². The maximum atomic E-state index is 12.8. The largest absolute Gasteiger partial charge is 0.352 e. The number of nitrogens with zero attached hydrogens (tertiary/aromatic N) is 1. The molecule has 9 heteroatoms. The number of hydrogen-bond acceptors (Lipinski definition) is 6. The normalized spacial score (nSPS) is 21.8. The fourth-order valence-electron chi connectivity index (χ4n) is 3.66. The van der Waals surface area contributed by atoms with Gasteiger partial charge in [-0.25, -0.2) is 0 Å². The van der Waals surface area contributed by atoms with E-state index in [1.54, 1.807) is 0 Å². The first kappa shape index (κ1) is 20.6. The Morgan fingerprint density at radius 3 is 2.82 bits per heavy atom. The SMILES string of the molecule is N[C@]1(CCC(=O)NCc2ccccc2)CCCCC1C(=O)Nc1n[nH]c(=S)s1. The van der Waals surface area contributed by atoms with Crippen molar-refractivity contribution in [1.82, 2.24) is 15.5 Å². The second-order valence-corrected chi connectivity index (χ2v) is 8.87. The van der Waals surface area contributed by atoms with Gasteiger partial charge in [0.15, 0.2) is 3.95 Å². The van der Waals surface area contributed by atoms with Crippen LogP contribution in [0, 0.1) is 9.87 Å². The molecule has 1 unspecified atom stereocenters. The maximum absolute atomic E-state index is 12.8. The summed E-state index contributed by atoms with van der Waals surface area (Å²) in [4.78, 5) is 25.1. The molecule has 0 bridgehead atoms. The van der Waals surface area contributed by atoms with Gasteiger partial charge in [-0.15, -0.1) is 5.10 Å². The van der Waals surface area contributed by atoms with E-state index >= 15 is 0 Å². The van der Waals surface area contributed by atoms with E-state index in [1.165, 1.54) is 11.3 Å². The Kier molecular flexibility index (Phi) is 6.93. The quantitative estimate of drug-likeness (QED) is 0.515. The van der Waals surface area contributed by atoms with E-state index < -0.39 is 5.54 Å². The van der Waals surface area contributed by atoms with E-state index in [0.717, 1.165) is 24.8 Å². The number of carbonyl (C=O) groups excluding carboxylic acids is 2. The summed E-state index contributed by atoms with van der Waals surface area (Å²) in [5, 5.41) is 12.8. The van der Waals surface area contributed by atoms with Crippen molar-refractivity contribution in [2.75, 3.05) is 5.32 Å². The van der Waals surface area contributed by atoms with Crippen molar-refractivity contribution in [3.05, 3.63) is 39.8 Å². The third-order valence-corrected chi connectivity index (χ3v) is 6.22. The Balaban J connectivity index is 1.55. The van der Waals surface area contributed by atoms with E-state index in [1.807, 2.05) is 30.3 Å². The van der Waals surface area contributed by atoms with Crippen LogP contribution >= 0.6 is 23.6 Å². The van der Waals surface area contributed by atoms with Crippen molar-refractivity contribution >= 4 is 40.5 Å². The van der Waals surface area contributed by atoms with Crippen LogP contribution in [-0.2, 0) is 16.1 Å². The molecule has 2 amide bonds. The highest BCUT2D eigenvalue weighted by Gasteiger charge is 2.41. The van der Waals surface area contributed by atoms with Crippen LogP contribution in [0.25, 0.3) is 0 Å². The number of nitrogens with one attached hydrogen (secondary N) is 3. The minimum Gasteiger partial charge on any atom is -0.352 e. The summed E-state index contributed by atoms with van der Waals surface area (Å²) in [6, 6.07) is 9.76. The van der Waals surface area contributed by atoms with E-state index in [9.17, 15) is 9.59 Å². The molecule has 0 spiro atoms. The summed E-state index contributed by atoms with van der Waals surface area (Å²) in [5.74, 6) is -0.547. The summed E-state index contributed by atoms with van der Waals surface area (Å²) in [5.41, 5.74) is 6.99. The second kappa shape index (κ2) is 9.40. The van der Waals surface area contributed by atoms with Crippen LogP contribution < -0.4 is 16.4 Å². The van der Waals surface area contributed by atoms with Crippen LogP contribution in [0.4, 0.5) is 5.13 Å². The number of H-pyrrole nitrogens is 1. The van der Waals surface area contributed by atoms with Crippen LogP contribution in [-0.4, -0.2) is 27.6 Å². The molecule has 1 aromatic heterocycles. The first-order valence-electron chi connectivity index (χ1n) is 9.42. The molecule has 2 atom stereocenters. The Bertz CT molecular complexity index is 866. The lowest BCUT2D eigenvalue weighted by molar-refractivity contribution is -0.125. The molecule has 1 aliphatic rings. The average molecular weight is 420 g/mol. The van der Waals surface area contributed by atoms with Crippen molar-refractivity contribution < 1.29 is 9.59 Å². The monoisotopic (exact) mass is 419 g/mol. The topological polar surface area (TPSA) is 113 Å². The third kappa shape index (κ3) is 5.46. The van der Waals surface area contributed by atoms with Crippen LogP contribution in [0.1, 0.15) is 44.1 Å². The van der Waals surface area contributed by atoms with E-state index in [2.05, 4.69) is 20.8 Å². The zero-order valence-electron chi connectivity index (χ0n) is 15.6. The van der Waals surface area contributed by atoms with Crippen molar-refractivity contribution in [1.29, 1.82) is 0 Å². The minimum atomic E-state index is -0.690. The fraction of sp³-hybridized carbons (Fsp3) is 0.474. The van der Waals surface area contributed by atoms with Gasteiger partial charge in [0.25, 0.3) is 0 Å². The molecule has 1 aromatic carbocycles. The molecule has 0 radical (unpaired) electrons. The van der Waals surface area contributed by atoms with Gasteiger partial charge in [-0.1, -0.05) is 54.5 Å². The van der Waals surface area contributed by atoms with Gasteiger partial charge >= 0.3 is 0 Å². The molecular formula is C19H25N5O2S2. The summed E-state index contributed by atoms with van der Waals surface area (Å²) < 4.78 is 0.507. The van der Waals surface area contributed by atoms with Crippen LogP contribution in [0.15, 0.2) is 30.3 Å². The van der Waals surface area contributed by atoms with Crippen molar-refractivity contribution in [3.8, 4) is 0 Å². The number of aromatic nitrogens is 2. The molecule has 0 aliphatic heterocycles. The summed E-state index contributed by atoms with van der Waals surface area (Å²) in [6.07, 6.45) is 4.13. The molecule has 1 aliphatic carbocycles. The van der Waals surface area contributed by atoms with E-state index in [-0.39, 0.29) is 17.7 Å². The van der Waals surface area contributed by atoms with Crippen LogP contribution in [0.3, 0.4) is 0 Å². The zero-order valence-corrected chi connectivity index (χ0v) is 17.2. The zero-order chi connectivity index (χ0) is 20.0. The molecular weight excluding hydrogens is 394 g/mol. The molecule has 0 saturated heterocycles. The summed E-state index contributed by atoms with van der Waals surface area (Å²) in [7, 11) is 0. The number of aromatic amines is 1. The van der Waals surface area contributed by atoms with Gasteiger partial charge < -0.3 is 16.4 Å². The lowest BCUT2D eigenvalue weighted by atomic mass is 9.70. The number of hydrogen-bond donors (Lipinski definition) is 4. The van der Waals surface area contributed by atoms with Crippen molar-refractivity contribution in [2.24, 2.45) is 11.7 Å². The third-order valence-electron chi connectivity index (χ3n) is 5.21. The van der Waals surface area contributed by atoms with Crippen LogP contribution in [0.2, 0.25) is 0 Å².